The summed E-state index contributed by atoms with van der Waals surface area (Å²) in [5, 5.41) is 7.66. The third-order valence-corrected chi connectivity index (χ3v) is 6.52. The quantitative estimate of drug-likeness (QED) is 0.389. The Labute approximate surface area is 195 Å². The van der Waals surface area contributed by atoms with Crippen molar-refractivity contribution in [3.05, 3.63) is 75.7 Å². The minimum Gasteiger partial charge on any atom is -0.467 e. The molecule has 0 atom stereocenters. The van der Waals surface area contributed by atoms with E-state index in [1.807, 2.05) is 12.1 Å². The monoisotopic (exact) mass is 481 g/mol. The second-order valence-electron chi connectivity index (χ2n) is 7.17. The fourth-order valence-electron chi connectivity index (χ4n) is 3.35. The van der Waals surface area contributed by atoms with Gasteiger partial charge in [-0.1, -0.05) is 28.9 Å². The molecule has 0 aliphatic rings. The Morgan fingerprint density at radius 2 is 2.09 bits per heavy atom. The Hall–Kier alpha value is -3.76. The van der Waals surface area contributed by atoms with Crippen LogP contribution in [0.25, 0.3) is 32.4 Å². The highest BCUT2D eigenvalue weighted by molar-refractivity contribution is 7.22. The molecule has 5 aromatic rings. The Bertz CT molecular complexity index is 1520. The van der Waals surface area contributed by atoms with Gasteiger partial charge in [-0.05, 0) is 36.8 Å². The number of aryl methyl sites for hydroxylation is 1. The molecule has 0 saturated carbocycles. The van der Waals surface area contributed by atoms with Crippen LogP contribution in [0.4, 0.5) is 0 Å². The Morgan fingerprint density at radius 3 is 2.88 bits per heavy atom. The van der Waals surface area contributed by atoms with Gasteiger partial charge < -0.3 is 14.3 Å². The number of thiophene rings is 1. The molecule has 4 aromatic heterocycles. The number of fused-ring (bicyclic) bond motifs is 1. The van der Waals surface area contributed by atoms with Crippen LogP contribution in [-0.2, 0) is 17.9 Å². The molecule has 0 saturated heterocycles. The normalized spacial score (nSPS) is 11.2. The van der Waals surface area contributed by atoms with E-state index >= 15 is 0 Å². The lowest BCUT2D eigenvalue weighted by molar-refractivity contribution is -0.122. The lowest BCUT2D eigenvalue weighted by Crippen LogP contribution is -2.32. The second-order valence-corrected chi connectivity index (χ2v) is 8.58. The summed E-state index contributed by atoms with van der Waals surface area (Å²) in [6, 6.07) is 10.7. The number of amides is 1. The maximum Gasteiger partial charge on any atom is 0.268 e. The minimum atomic E-state index is -0.330. The van der Waals surface area contributed by atoms with Crippen molar-refractivity contribution >= 4 is 39.1 Å². The number of hydrogen-bond acceptors (Lipinski definition) is 8. The number of rotatable bonds is 6. The third-order valence-electron chi connectivity index (χ3n) is 5.01. The van der Waals surface area contributed by atoms with Gasteiger partial charge in [0, 0.05) is 5.56 Å². The van der Waals surface area contributed by atoms with Crippen molar-refractivity contribution in [1.82, 2.24) is 25.0 Å². The van der Waals surface area contributed by atoms with Crippen LogP contribution in [0.2, 0.25) is 5.02 Å². The molecule has 33 heavy (non-hydrogen) atoms. The van der Waals surface area contributed by atoms with E-state index in [1.54, 1.807) is 31.2 Å². The van der Waals surface area contributed by atoms with Crippen molar-refractivity contribution in [1.29, 1.82) is 0 Å². The van der Waals surface area contributed by atoms with Gasteiger partial charge in [-0.3, -0.25) is 14.2 Å². The summed E-state index contributed by atoms with van der Waals surface area (Å²) in [5.41, 5.74) is 0.986. The number of furan rings is 1. The molecule has 1 amide bonds. The van der Waals surface area contributed by atoms with E-state index < -0.39 is 0 Å². The predicted octanol–water partition coefficient (Wildman–Crippen LogP) is 4.05. The molecule has 0 aliphatic carbocycles. The van der Waals surface area contributed by atoms with E-state index in [1.165, 1.54) is 28.5 Å². The zero-order valence-corrected chi connectivity index (χ0v) is 18.8. The van der Waals surface area contributed by atoms with Gasteiger partial charge in [0.1, 0.15) is 17.1 Å². The highest BCUT2D eigenvalue weighted by atomic mass is 35.5. The molecule has 1 N–H and O–H groups in total. The van der Waals surface area contributed by atoms with Crippen molar-refractivity contribution in [2.45, 2.75) is 20.0 Å². The van der Waals surface area contributed by atoms with Crippen molar-refractivity contribution < 1.29 is 13.7 Å². The first kappa shape index (κ1) is 21.1. The maximum atomic E-state index is 13.1. The summed E-state index contributed by atoms with van der Waals surface area (Å²) < 4.78 is 11.9. The number of nitrogens with one attached hydrogen (secondary N) is 1. The number of benzene rings is 1. The summed E-state index contributed by atoms with van der Waals surface area (Å²) in [7, 11) is 0. The fraction of sp³-hybridized carbons (Fsp3) is 0.136. The molecule has 0 spiro atoms. The van der Waals surface area contributed by atoms with Gasteiger partial charge in [0.2, 0.25) is 11.7 Å². The first-order valence-corrected chi connectivity index (χ1v) is 11.1. The summed E-state index contributed by atoms with van der Waals surface area (Å²) >= 11 is 7.50. The van der Waals surface area contributed by atoms with Crippen LogP contribution in [0.5, 0.6) is 0 Å². The Kier molecular flexibility index (Phi) is 5.53. The van der Waals surface area contributed by atoms with E-state index in [4.69, 9.17) is 20.5 Å². The average Bonchev–Trinajstić information content (AvgIpc) is 3.55. The minimum absolute atomic E-state index is 0.162. The van der Waals surface area contributed by atoms with Crippen molar-refractivity contribution in [2.75, 3.05) is 0 Å². The molecule has 5 rings (SSSR count). The predicted molar refractivity (Wildman–Crippen MR) is 123 cm³/mol. The number of aromatic nitrogens is 4. The molecule has 0 fully saturated rings. The number of carbonyl (C=O) groups excluding carboxylic acids is 1. The molecule has 0 bridgehead atoms. The SMILES string of the molecule is Cc1c(-c2nc(-c3ccccc3Cl)no2)sc2ncn(CC(=O)NCc3ccco3)c(=O)c12. The molecule has 4 heterocycles. The zero-order valence-electron chi connectivity index (χ0n) is 17.2. The highest BCUT2D eigenvalue weighted by Gasteiger charge is 2.21. The van der Waals surface area contributed by atoms with Crippen molar-refractivity contribution in [2.24, 2.45) is 0 Å². The highest BCUT2D eigenvalue weighted by Crippen LogP contribution is 2.36. The Morgan fingerprint density at radius 1 is 1.24 bits per heavy atom. The summed E-state index contributed by atoms with van der Waals surface area (Å²) in [4.78, 5) is 35.4. The lowest BCUT2D eigenvalue weighted by atomic mass is 10.2. The standard InChI is InChI=1S/C22H16ClN5O4S/c1-12-17-21(25-11-28(22(17)30)10-16(29)24-9-13-5-4-8-31-13)33-18(12)20-26-19(27-32-20)14-6-2-3-7-15(14)23/h2-8,11H,9-10H2,1H3,(H,24,29). The number of nitrogens with zero attached hydrogens (tertiary/aromatic N) is 4. The molecule has 1 aromatic carbocycles. The van der Waals surface area contributed by atoms with E-state index in [-0.39, 0.29) is 30.4 Å². The molecular formula is C22H16ClN5O4S. The lowest BCUT2D eigenvalue weighted by Gasteiger charge is -2.06. The van der Waals surface area contributed by atoms with E-state index in [9.17, 15) is 9.59 Å². The van der Waals surface area contributed by atoms with Crippen LogP contribution in [0.15, 0.2) is 62.7 Å². The number of carbonyl (C=O) groups is 1. The van der Waals surface area contributed by atoms with Crippen molar-refractivity contribution in [3.8, 4) is 22.2 Å². The van der Waals surface area contributed by atoms with E-state index in [0.717, 1.165) is 0 Å². The first-order chi connectivity index (χ1) is 16.0. The molecule has 0 radical (unpaired) electrons. The van der Waals surface area contributed by atoms with Gasteiger partial charge >= 0.3 is 0 Å². The molecule has 0 aliphatic heterocycles. The second kappa shape index (κ2) is 8.64. The maximum absolute atomic E-state index is 13.1. The summed E-state index contributed by atoms with van der Waals surface area (Å²) in [5.74, 6) is 0.918. The summed E-state index contributed by atoms with van der Waals surface area (Å²) in [6.45, 7) is 1.87. The van der Waals surface area contributed by atoms with Gasteiger partial charge in [-0.25, -0.2) is 4.98 Å². The van der Waals surface area contributed by atoms with Crippen LogP contribution in [-0.4, -0.2) is 25.6 Å². The molecule has 166 valence electrons. The number of halogens is 1. The fourth-order valence-corrected chi connectivity index (χ4v) is 4.63. The van der Waals surface area contributed by atoms with Gasteiger partial charge in [0.15, 0.2) is 0 Å². The van der Waals surface area contributed by atoms with E-state index in [2.05, 4.69) is 20.4 Å². The van der Waals surface area contributed by atoms with Gasteiger partial charge in [0.25, 0.3) is 11.4 Å². The van der Waals surface area contributed by atoms with Gasteiger partial charge in [0.05, 0.1) is 34.4 Å². The van der Waals surface area contributed by atoms with Crippen LogP contribution in [0.3, 0.4) is 0 Å². The first-order valence-electron chi connectivity index (χ1n) is 9.88. The third kappa shape index (κ3) is 4.06. The largest absolute Gasteiger partial charge is 0.467 e. The van der Waals surface area contributed by atoms with Crippen molar-refractivity contribution in [3.63, 3.8) is 0 Å². The average molecular weight is 482 g/mol. The number of hydrogen-bond donors (Lipinski definition) is 1. The Balaban J connectivity index is 1.43. The van der Waals surface area contributed by atoms with Crippen LogP contribution >= 0.6 is 22.9 Å². The van der Waals surface area contributed by atoms with E-state index in [0.29, 0.717) is 42.8 Å². The molecule has 9 nitrogen and oxygen atoms in total. The smallest absolute Gasteiger partial charge is 0.268 e. The van der Waals surface area contributed by atoms with Crippen LogP contribution in [0.1, 0.15) is 11.3 Å². The van der Waals surface area contributed by atoms with Crippen LogP contribution < -0.4 is 10.9 Å². The van der Waals surface area contributed by atoms with Gasteiger partial charge in [-0.15, -0.1) is 11.3 Å². The summed E-state index contributed by atoms with van der Waals surface area (Å²) in [6.07, 6.45) is 2.89. The molecule has 11 heteroatoms. The van der Waals surface area contributed by atoms with Crippen LogP contribution in [0, 0.1) is 6.92 Å². The molecule has 0 unspecified atom stereocenters. The topological polar surface area (TPSA) is 116 Å². The molecular weight excluding hydrogens is 466 g/mol. The van der Waals surface area contributed by atoms with Gasteiger partial charge in [-0.2, -0.15) is 4.98 Å². The zero-order chi connectivity index (χ0) is 22.9.